The number of nitrogens with zero attached hydrogens (tertiary/aromatic N) is 5. The van der Waals surface area contributed by atoms with Crippen molar-refractivity contribution in [3.63, 3.8) is 0 Å². The quantitative estimate of drug-likeness (QED) is 0.710. The predicted molar refractivity (Wildman–Crippen MR) is 99.3 cm³/mol. The summed E-state index contributed by atoms with van der Waals surface area (Å²) in [5.41, 5.74) is 1.62. The van der Waals surface area contributed by atoms with Gasteiger partial charge in [0.15, 0.2) is 17.9 Å². The highest BCUT2D eigenvalue weighted by Crippen LogP contribution is 2.27. The molecule has 7 nitrogen and oxygen atoms in total. The van der Waals surface area contributed by atoms with Crippen LogP contribution in [0.3, 0.4) is 0 Å². The van der Waals surface area contributed by atoms with Gasteiger partial charge in [0, 0.05) is 12.5 Å². The fourth-order valence-corrected chi connectivity index (χ4v) is 3.74. The normalized spacial score (nSPS) is 16.6. The van der Waals surface area contributed by atoms with Crippen molar-refractivity contribution in [2.75, 3.05) is 6.54 Å². The molecule has 3 heterocycles. The first-order valence-corrected chi connectivity index (χ1v) is 9.21. The highest BCUT2D eigenvalue weighted by Gasteiger charge is 2.33. The van der Waals surface area contributed by atoms with Gasteiger partial charge in [0.1, 0.15) is 11.6 Å². The van der Waals surface area contributed by atoms with Gasteiger partial charge in [0.2, 0.25) is 0 Å². The lowest BCUT2D eigenvalue weighted by atomic mass is 10.0. The second kappa shape index (κ2) is 6.98. The zero-order chi connectivity index (χ0) is 19.0. The van der Waals surface area contributed by atoms with Gasteiger partial charge >= 0.3 is 0 Å². The van der Waals surface area contributed by atoms with E-state index in [1.165, 1.54) is 12.0 Å². The molecule has 1 aliphatic rings. The SMILES string of the molecule is Cc1nnc2n1[C@H](Cc1ccccc1)CN(C(=O)c1ncoc1C(C)C)C2. The van der Waals surface area contributed by atoms with Crippen LogP contribution in [0.25, 0.3) is 0 Å². The molecule has 0 saturated heterocycles. The summed E-state index contributed by atoms with van der Waals surface area (Å²) in [6, 6.07) is 10.4. The number of hydrogen-bond donors (Lipinski definition) is 0. The first-order chi connectivity index (χ1) is 13.0. The van der Waals surface area contributed by atoms with Crippen LogP contribution in [0.15, 0.2) is 41.1 Å². The van der Waals surface area contributed by atoms with Crippen molar-refractivity contribution in [2.45, 2.75) is 45.7 Å². The number of rotatable bonds is 4. The van der Waals surface area contributed by atoms with Crippen molar-refractivity contribution < 1.29 is 9.21 Å². The van der Waals surface area contributed by atoms with Crippen LogP contribution in [0.4, 0.5) is 0 Å². The Hall–Kier alpha value is -2.96. The van der Waals surface area contributed by atoms with Crippen LogP contribution >= 0.6 is 0 Å². The van der Waals surface area contributed by atoms with Crippen molar-refractivity contribution in [2.24, 2.45) is 0 Å². The molecule has 0 N–H and O–H groups in total. The van der Waals surface area contributed by atoms with Gasteiger partial charge in [-0.3, -0.25) is 4.79 Å². The van der Waals surface area contributed by atoms with Crippen LogP contribution in [-0.2, 0) is 13.0 Å². The Bertz CT molecular complexity index is 944. The van der Waals surface area contributed by atoms with E-state index < -0.39 is 0 Å². The Morgan fingerprint density at radius 1 is 1.26 bits per heavy atom. The molecule has 1 aliphatic heterocycles. The maximum absolute atomic E-state index is 13.1. The number of aromatic nitrogens is 4. The van der Waals surface area contributed by atoms with Crippen molar-refractivity contribution >= 4 is 5.91 Å². The fourth-order valence-electron chi connectivity index (χ4n) is 3.74. The third kappa shape index (κ3) is 3.25. The molecular weight excluding hydrogens is 342 g/mol. The summed E-state index contributed by atoms with van der Waals surface area (Å²) < 4.78 is 7.60. The third-order valence-electron chi connectivity index (χ3n) is 4.99. The highest BCUT2D eigenvalue weighted by atomic mass is 16.3. The van der Waals surface area contributed by atoms with Crippen LogP contribution in [0, 0.1) is 6.92 Å². The topological polar surface area (TPSA) is 77.1 Å². The Morgan fingerprint density at radius 2 is 2.04 bits per heavy atom. The van der Waals surface area contributed by atoms with Crippen molar-refractivity contribution in [3.8, 4) is 0 Å². The van der Waals surface area contributed by atoms with E-state index in [0.29, 0.717) is 24.5 Å². The zero-order valence-corrected chi connectivity index (χ0v) is 15.8. The number of carbonyl (C=O) groups is 1. The number of benzene rings is 1. The van der Waals surface area contributed by atoms with Gasteiger partial charge in [-0.25, -0.2) is 4.98 Å². The molecule has 0 radical (unpaired) electrons. The van der Waals surface area contributed by atoms with Crippen LogP contribution in [0.2, 0.25) is 0 Å². The lowest BCUT2D eigenvalue weighted by Crippen LogP contribution is -2.42. The summed E-state index contributed by atoms with van der Waals surface area (Å²) in [6.45, 7) is 6.96. The number of aryl methyl sites for hydroxylation is 1. The van der Waals surface area contributed by atoms with E-state index in [1.807, 2.05) is 39.0 Å². The molecule has 3 aromatic rings. The molecule has 0 bridgehead atoms. The molecule has 7 heteroatoms. The molecular formula is C20H23N5O2. The number of hydrogen-bond acceptors (Lipinski definition) is 5. The Balaban J connectivity index is 1.64. The van der Waals surface area contributed by atoms with Gasteiger partial charge in [-0.2, -0.15) is 0 Å². The van der Waals surface area contributed by atoms with Gasteiger partial charge < -0.3 is 13.9 Å². The Kier molecular flexibility index (Phi) is 4.51. The Morgan fingerprint density at radius 3 is 2.78 bits per heavy atom. The Labute approximate surface area is 158 Å². The fraction of sp³-hybridized carbons (Fsp3) is 0.400. The molecule has 1 aromatic carbocycles. The third-order valence-corrected chi connectivity index (χ3v) is 4.99. The average molecular weight is 365 g/mol. The molecule has 0 aliphatic carbocycles. The minimum absolute atomic E-state index is 0.0875. The summed E-state index contributed by atoms with van der Waals surface area (Å²) in [5, 5.41) is 8.53. The summed E-state index contributed by atoms with van der Waals surface area (Å²) in [7, 11) is 0. The standard InChI is InChI=1S/C20H23N5O2/c1-13(2)19-18(21-12-27-19)20(26)24-10-16(9-15-7-5-4-6-8-15)25-14(3)22-23-17(25)11-24/h4-8,12-13,16H,9-11H2,1-3H3/t16-/m1/s1. The molecule has 140 valence electrons. The molecule has 27 heavy (non-hydrogen) atoms. The lowest BCUT2D eigenvalue weighted by Gasteiger charge is -2.34. The monoisotopic (exact) mass is 365 g/mol. The van der Waals surface area contributed by atoms with E-state index in [4.69, 9.17) is 4.42 Å². The van der Waals surface area contributed by atoms with E-state index in [9.17, 15) is 4.79 Å². The number of carbonyl (C=O) groups excluding carboxylic acids is 1. The van der Waals surface area contributed by atoms with Crippen LogP contribution in [0.1, 0.15) is 59.3 Å². The van der Waals surface area contributed by atoms with E-state index in [0.717, 1.165) is 18.1 Å². The summed E-state index contributed by atoms with van der Waals surface area (Å²) >= 11 is 0. The summed E-state index contributed by atoms with van der Waals surface area (Å²) in [4.78, 5) is 19.1. The molecule has 1 amide bonds. The first-order valence-electron chi connectivity index (χ1n) is 9.21. The van der Waals surface area contributed by atoms with Crippen molar-refractivity contribution in [3.05, 3.63) is 65.4 Å². The molecule has 2 aromatic heterocycles. The average Bonchev–Trinajstić information content (AvgIpc) is 3.29. The van der Waals surface area contributed by atoms with Crippen LogP contribution in [0.5, 0.6) is 0 Å². The van der Waals surface area contributed by atoms with Crippen molar-refractivity contribution in [1.29, 1.82) is 0 Å². The predicted octanol–water partition coefficient (Wildman–Crippen LogP) is 3.14. The number of amides is 1. The van der Waals surface area contributed by atoms with Gasteiger partial charge in [-0.15, -0.1) is 10.2 Å². The molecule has 0 fully saturated rings. The van der Waals surface area contributed by atoms with Gasteiger partial charge in [-0.1, -0.05) is 44.2 Å². The molecule has 1 atom stereocenters. The van der Waals surface area contributed by atoms with Crippen LogP contribution in [-0.4, -0.2) is 37.1 Å². The molecule has 0 saturated carbocycles. The minimum atomic E-state index is -0.114. The smallest absolute Gasteiger partial charge is 0.276 e. The first kappa shape index (κ1) is 17.5. The zero-order valence-electron chi connectivity index (χ0n) is 15.8. The number of fused-ring (bicyclic) bond motifs is 1. The van der Waals surface area contributed by atoms with Crippen LogP contribution < -0.4 is 0 Å². The van der Waals surface area contributed by atoms with Gasteiger partial charge in [0.25, 0.3) is 5.91 Å². The van der Waals surface area contributed by atoms with E-state index in [1.54, 1.807) is 4.90 Å². The molecule has 4 rings (SSSR count). The lowest BCUT2D eigenvalue weighted by molar-refractivity contribution is 0.0664. The van der Waals surface area contributed by atoms with Gasteiger partial charge in [0.05, 0.1) is 12.6 Å². The summed E-state index contributed by atoms with van der Waals surface area (Å²) in [6.07, 6.45) is 2.16. The largest absolute Gasteiger partial charge is 0.447 e. The molecule has 0 spiro atoms. The van der Waals surface area contributed by atoms with Crippen molar-refractivity contribution in [1.82, 2.24) is 24.6 Å². The maximum atomic E-state index is 13.1. The second-order valence-electron chi connectivity index (χ2n) is 7.28. The highest BCUT2D eigenvalue weighted by molar-refractivity contribution is 5.93. The second-order valence-corrected chi connectivity index (χ2v) is 7.28. The maximum Gasteiger partial charge on any atom is 0.276 e. The molecule has 0 unspecified atom stereocenters. The minimum Gasteiger partial charge on any atom is -0.447 e. The van der Waals surface area contributed by atoms with Gasteiger partial charge in [-0.05, 0) is 18.9 Å². The summed E-state index contributed by atoms with van der Waals surface area (Å²) in [5.74, 6) is 2.30. The van der Waals surface area contributed by atoms with E-state index >= 15 is 0 Å². The van der Waals surface area contributed by atoms with E-state index in [-0.39, 0.29) is 17.9 Å². The van der Waals surface area contributed by atoms with E-state index in [2.05, 4.69) is 31.9 Å². The number of oxazole rings is 1.